The first kappa shape index (κ1) is 32.0. The van der Waals surface area contributed by atoms with Crippen molar-refractivity contribution in [3.63, 3.8) is 0 Å². The van der Waals surface area contributed by atoms with Crippen molar-refractivity contribution >= 4 is 46.3 Å². The Morgan fingerprint density at radius 1 is 0.905 bits per heavy atom. The van der Waals surface area contributed by atoms with Crippen LogP contribution >= 0.6 is 0 Å². The maximum atomic E-state index is 13.6. The molecule has 0 radical (unpaired) electrons. The summed E-state index contributed by atoms with van der Waals surface area (Å²) in [7, 11) is 0. The number of nitrogens with two attached hydrogens (primary N) is 1. The number of fused-ring (bicyclic) bond motifs is 1. The van der Waals surface area contributed by atoms with Gasteiger partial charge in [-0.3, -0.25) is 24.0 Å². The summed E-state index contributed by atoms with van der Waals surface area (Å²) in [5.41, 5.74) is 5.12. The number of rotatable bonds is 13. The van der Waals surface area contributed by atoms with Crippen LogP contribution < -0.4 is 27.0 Å². The van der Waals surface area contributed by atoms with Crippen LogP contribution in [0, 0.1) is 0 Å². The van der Waals surface area contributed by atoms with Crippen molar-refractivity contribution in [3.8, 4) is 0 Å². The number of carboxylic acid groups (broad SMARTS) is 1. The molecule has 1 aliphatic carbocycles. The van der Waals surface area contributed by atoms with Gasteiger partial charge in [-0.25, -0.2) is 4.79 Å². The van der Waals surface area contributed by atoms with Crippen molar-refractivity contribution < 1.29 is 33.9 Å². The first-order valence-corrected chi connectivity index (χ1v) is 14.3. The number of carbonyl (C=O) groups excluding carboxylic acids is 5. The van der Waals surface area contributed by atoms with E-state index in [0.29, 0.717) is 32.2 Å². The minimum Gasteiger partial charge on any atom is -0.474 e. The molecule has 5 amide bonds. The van der Waals surface area contributed by atoms with Crippen LogP contribution in [0.5, 0.6) is 0 Å². The summed E-state index contributed by atoms with van der Waals surface area (Å²) < 4.78 is 0. The molecule has 0 bridgehead atoms. The maximum absolute atomic E-state index is 13.6. The maximum Gasteiger partial charge on any atom is 0.394 e. The predicted molar refractivity (Wildman–Crippen MR) is 155 cm³/mol. The van der Waals surface area contributed by atoms with Gasteiger partial charge in [0, 0.05) is 6.54 Å². The highest BCUT2D eigenvalue weighted by Crippen LogP contribution is 2.29. The highest BCUT2D eigenvalue weighted by molar-refractivity contribution is 6.32. The number of benzene rings is 2. The molecule has 0 heterocycles. The molecule has 2 aromatic rings. The Kier molecular flexibility index (Phi) is 11.4. The quantitative estimate of drug-likeness (QED) is 0.150. The summed E-state index contributed by atoms with van der Waals surface area (Å²) in [5, 5.41) is 21.4. The van der Waals surface area contributed by atoms with E-state index in [9.17, 15) is 28.8 Å². The number of carbonyl (C=O) groups is 6. The molecule has 42 heavy (non-hydrogen) atoms. The Morgan fingerprint density at radius 2 is 1.60 bits per heavy atom. The third kappa shape index (κ3) is 8.51. The van der Waals surface area contributed by atoms with Gasteiger partial charge in [0.2, 0.25) is 23.6 Å². The van der Waals surface area contributed by atoms with Crippen molar-refractivity contribution in [2.45, 2.75) is 82.3 Å². The normalized spacial score (nSPS) is 15.5. The molecule has 0 aliphatic heterocycles. The molecule has 1 saturated carbocycles. The molecule has 226 valence electrons. The van der Waals surface area contributed by atoms with Gasteiger partial charge in [0.05, 0.1) is 6.42 Å². The van der Waals surface area contributed by atoms with Crippen molar-refractivity contribution in [2.75, 3.05) is 6.54 Å². The molecule has 1 fully saturated rings. The van der Waals surface area contributed by atoms with Gasteiger partial charge in [-0.05, 0) is 48.4 Å². The van der Waals surface area contributed by atoms with Gasteiger partial charge in [-0.2, -0.15) is 0 Å². The van der Waals surface area contributed by atoms with Gasteiger partial charge in [-0.15, -0.1) is 0 Å². The number of primary amides is 1. The summed E-state index contributed by atoms with van der Waals surface area (Å²) in [6, 6.07) is 11.7. The van der Waals surface area contributed by atoms with E-state index in [1.165, 1.54) is 0 Å². The molecule has 12 heteroatoms. The first-order valence-electron chi connectivity index (χ1n) is 14.3. The van der Waals surface area contributed by atoms with Crippen molar-refractivity contribution in [3.05, 3.63) is 48.0 Å². The average Bonchev–Trinajstić information content (AvgIpc) is 2.97. The Balaban J connectivity index is 1.65. The van der Waals surface area contributed by atoms with E-state index in [2.05, 4.69) is 21.3 Å². The molecule has 0 unspecified atom stereocenters. The fraction of sp³-hybridized carbons (Fsp3) is 0.467. The van der Waals surface area contributed by atoms with E-state index in [-0.39, 0.29) is 19.3 Å². The SMILES string of the molecule is CC[C@H](NC(=O)C(=O)O)C(=O)NC1(C(=O)N[C@@H](CC(N)=O)C(=O)NCCCc2cccc3ccccc23)CCCCC1. The Bertz CT molecular complexity index is 1320. The molecule has 2 aromatic carbocycles. The summed E-state index contributed by atoms with van der Waals surface area (Å²) in [6.45, 7) is 1.89. The first-order chi connectivity index (χ1) is 20.1. The number of nitrogens with one attached hydrogen (secondary N) is 4. The average molecular weight is 582 g/mol. The lowest BCUT2D eigenvalue weighted by Crippen LogP contribution is -2.65. The zero-order valence-electron chi connectivity index (χ0n) is 23.7. The van der Waals surface area contributed by atoms with Crippen molar-refractivity contribution in [2.24, 2.45) is 5.73 Å². The van der Waals surface area contributed by atoms with Crippen LogP contribution in [0.3, 0.4) is 0 Å². The number of amides is 5. The van der Waals surface area contributed by atoms with Crippen molar-refractivity contribution in [1.82, 2.24) is 21.3 Å². The number of hydrogen-bond donors (Lipinski definition) is 6. The van der Waals surface area contributed by atoms with E-state index < -0.39 is 59.5 Å². The lowest BCUT2D eigenvalue weighted by atomic mass is 9.80. The minimum absolute atomic E-state index is 0.0913. The highest BCUT2D eigenvalue weighted by atomic mass is 16.4. The lowest BCUT2D eigenvalue weighted by molar-refractivity contribution is -0.151. The Hall–Kier alpha value is -4.48. The second-order valence-electron chi connectivity index (χ2n) is 10.6. The number of aliphatic carboxylic acids is 1. The third-order valence-electron chi connectivity index (χ3n) is 7.56. The lowest BCUT2D eigenvalue weighted by Gasteiger charge is -2.38. The van der Waals surface area contributed by atoms with E-state index >= 15 is 0 Å². The van der Waals surface area contributed by atoms with Crippen LogP contribution in [-0.4, -0.2) is 64.8 Å². The van der Waals surface area contributed by atoms with Crippen LogP contribution in [0.2, 0.25) is 0 Å². The van der Waals surface area contributed by atoms with E-state index in [0.717, 1.165) is 22.8 Å². The molecule has 7 N–H and O–H groups in total. The standard InChI is InChI=1S/C30H39N5O7/c1-2-22(33-27(39)28(40)41)26(38)35-30(15-6-3-7-16-30)29(42)34-23(18-24(31)36)25(37)32-17-9-13-20-12-8-11-19-10-4-5-14-21(19)20/h4-5,8,10-12,14,22-23H,2-3,6-7,9,13,15-18H2,1H3,(H2,31,36)(H,32,37)(H,33,39)(H,34,42)(H,35,38)(H,40,41)/t22-,23-/m0/s1. The number of carboxylic acids is 1. The van der Waals surface area contributed by atoms with Gasteiger partial charge < -0.3 is 32.1 Å². The number of hydrogen-bond acceptors (Lipinski definition) is 6. The van der Waals surface area contributed by atoms with Gasteiger partial charge in [0.25, 0.3) is 0 Å². The molecule has 1 aliphatic rings. The van der Waals surface area contributed by atoms with E-state index in [1.807, 2.05) is 42.5 Å². The largest absolute Gasteiger partial charge is 0.474 e. The van der Waals surface area contributed by atoms with Gasteiger partial charge >= 0.3 is 11.9 Å². The molecule has 0 spiro atoms. The molecule has 0 saturated heterocycles. The smallest absolute Gasteiger partial charge is 0.394 e. The summed E-state index contributed by atoms with van der Waals surface area (Å²) >= 11 is 0. The molecular weight excluding hydrogens is 542 g/mol. The van der Waals surface area contributed by atoms with Crippen LogP contribution in [0.4, 0.5) is 0 Å². The second kappa shape index (κ2) is 14.9. The van der Waals surface area contributed by atoms with Crippen molar-refractivity contribution in [1.29, 1.82) is 0 Å². The topological polar surface area (TPSA) is 197 Å². The Morgan fingerprint density at radius 3 is 2.26 bits per heavy atom. The Labute approximate surface area is 244 Å². The fourth-order valence-corrected chi connectivity index (χ4v) is 5.29. The van der Waals surface area contributed by atoms with Crippen LogP contribution in [-0.2, 0) is 35.2 Å². The summed E-state index contributed by atoms with van der Waals surface area (Å²) in [6.07, 6.45) is 3.59. The van der Waals surface area contributed by atoms with Gasteiger partial charge in [0.1, 0.15) is 17.6 Å². The summed E-state index contributed by atoms with van der Waals surface area (Å²) in [4.78, 5) is 74.0. The zero-order chi connectivity index (χ0) is 30.7. The van der Waals surface area contributed by atoms with Crippen LogP contribution in [0.25, 0.3) is 10.8 Å². The highest BCUT2D eigenvalue weighted by Gasteiger charge is 2.43. The zero-order valence-corrected chi connectivity index (χ0v) is 23.7. The van der Waals surface area contributed by atoms with E-state index in [4.69, 9.17) is 10.8 Å². The van der Waals surface area contributed by atoms with Gasteiger partial charge in [-0.1, -0.05) is 68.7 Å². The van der Waals surface area contributed by atoms with E-state index in [1.54, 1.807) is 6.92 Å². The van der Waals surface area contributed by atoms with Crippen LogP contribution in [0.15, 0.2) is 42.5 Å². The predicted octanol–water partition coefficient (Wildman–Crippen LogP) is 1.05. The monoisotopic (exact) mass is 581 g/mol. The minimum atomic E-state index is -1.73. The molecule has 0 aromatic heterocycles. The van der Waals surface area contributed by atoms with Crippen LogP contribution in [0.1, 0.15) is 63.9 Å². The third-order valence-corrected chi connectivity index (χ3v) is 7.56. The fourth-order valence-electron chi connectivity index (χ4n) is 5.29. The van der Waals surface area contributed by atoms with Gasteiger partial charge in [0.15, 0.2) is 0 Å². The number of aryl methyl sites for hydroxylation is 1. The molecule has 2 atom stereocenters. The molecule has 12 nitrogen and oxygen atoms in total. The summed E-state index contributed by atoms with van der Waals surface area (Å²) in [5.74, 6) is -5.78. The molecule has 3 rings (SSSR count). The molecular formula is C30H39N5O7. The second-order valence-corrected chi connectivity index (χ2v) is 10.6.